The molecule has 0 amide bonds. The quantitative estimate of drug-likeness (QED) is 0.446. The van der Waals surface area contributed by atoms with E-state index >= 15 is 0 Å². The standard InChI is InChI=1S/C29H34O10/c1-14(30)37-18-11-25(4)22(15-8-9-36-13-15)38-19(32)12-28(25)27(6)29(18,28)26(5)17(39-27)10-16(31)24(2,3)21(26)20(33)23(34)35-7/h8-10,13,18,20-22,33H,11-12H2,1-7H3/t18-,20+,21+,22+,25+,26+,27-,28-,29-/m1/s1. The Labute approximate surface area is 226 Å². The third kappa shape index (κ3) is 2.45. The van der Waals surface area contributed by atoms with Crippen molar-refractivity contribution in [3.8, 4) is 0 Å². The highest BCUT2D eigenvalue weighted by atomic mass is 16.6. The Bertz CT molecular complexity index is 1340. The number of hydrogen-bond acceptors (Lipinski definition) is 10. The molecule has 5 aliphatic rings. The number of carbonyl (C=O) groups is 4. The van der Waals surface area contributed by atoms with Crippen molar-refractivity contribution in [1.82, 2.24) is 0 Å². The van der Waals surface area contributed by atoms with Crippen LogP contribution in [0.2, 0.25) is 0 Å². The average Bonchev–Trinajstić information content (AvgIpc) is 3.27. The maximum Gasteiger partial charge on any atom is 0.335 e. The van der Waals surface area contributed by atoms with Gasteiger partial charge in [-0.3, -0.25) is 14.4 Å². The fraction of sp³-hybridized carbons (Fsp3) is 0.655. The average molecular weight is 543 g/mol. The summed E-state index contributed by atoms with van der Waals surface area (Å²) in [6.45, 7) is 10.4. The van der Waals surface area contributed by atoms with Crippen molar-refractivity contribution in [3.05, 3.63) is 36.0 Å². The first kappa shape index (κ1) is 26.1. The SMILES string of the molecule is COC(=O)[C@@H](O)[C@H]1C(C)(C)C(=O)C=C2O[C@]3(C)[C@@]45CC(=O)O[C@@H](c6ccoc6)[C@]4(C)C[C@@H](OC(C)=O)[C@@]35[C@@]21C. The zero-order valence-electron chi connectivity index (χ0n) is 23.2. The van der Waals surface area contributed by atoms with E-state index in [2.05, 4.69) is 0 Å². The topological polar surface area (TPSA) is 139 Å². The molecule has 3 aliphatic carbocycles. The van der Waals surface area contributed by atoms with Crippen molar-refractivity contribution in [2.75, 3.05) is 7.11 Å². The molecule has 4 fully saturated rings. The van der Waals surface area contributed by atoms with Crippen molar-refractivity contribution in [3.63, 3.8) is 0 Å². The molecule has 39 heavy (non-hydrogen) atoms. The summed E-state index contributed by atoms with van der Waals surface area (Å²) in [5.41, 5.74) is -5.66. The number of rotatable bonds is 4. The van der Waals surface area contributed by atoms with Gasteiger partial charge in [0.1, 0.15) is 23.6 Å². The lowest BCUT2D eigenvalue weighted by molar-refractivity contribution is -0.192. The first-order valence-electron chi connectivity index (χ1n) is 13.2. The third-order valence-corrected chi connectivity index (χ3v) is 11.3. The predicted octanol–water partition coefficient (Wildman–Crippen LogP) is 3.03. The molecule has 6 rings (SSSR count). The summed E-state index contributed by atoms with van der Waals surface area (Å²) in [6.07, 6.45) is 1.60. The molecule has 2 spiro atoms. The van der Waals surface area contributed by atoms with Crippen LogP contribution >= 0.6 is 0 Å². The largest absolute Gasteiger partial charge is 0.490 e. The van der Waals surface area contributed by atoms with Crippen LogP contribution < -0.4 is 0 Å². The molecule has 1 N–H and O–H groups in total. The zero-order chi connectivity index (χ0) is 28.6. The monoisotopic (exact) mass is 542 g/mol. The molecule has 10 nitrogen and oxygen atoms in total. The number of aliphatic hydroxyl groups is 1. The van der Waals surface area contributed by atoms with Gasteiger partial charge in [-0.05, 0) is 19.4 Å². The van der Waals surface area contributed by atoms with Crippen molar-refractivity contribution in [2.45, 2.75) is 78.3 Å². The lowest BCUT2D eigenvalue weighted by Gasteiger charge is -2.54. The van der Waals surface area contributed by atoms with E-state index in [1.54, 1.807) is 19.9 Å². The Kier molecular flexibility index (Phi) is 4.90. The highest BCUT2D eigenvalue weighted by molar-refractivity contribution is 5.98. The molecule has 0 bridgehead atoms. The molecule has 0 radical (unpaired) electrons. The van der Waals surface area contributed by atoms with Crippen LogP contribution in [-0.4, -0.2) is 53.7 Å². The summed E-state index contributed by atoms with van der Waals surface area (Å²) in [5.74, 6) is -2.84. The minimum absolute atomic E-state index is 0.0234. The predicted molar refractivity (Wildman–Crippen MR) is 131 cm³/mol. The molecule has 2 saturated heterocycles. The molecule has 10 heteroatoms. The number of methoxy groups -OCH3 is 1. The number of furan rings is 1. The van der Waals surface area contributed by atoms with E-state index in [0.717, 1.165) is 0 Å². The minimum atomic E-state index is -1.69. The highest BCUT2D eigenvalue weighted by Gasteiger charge is 3.07. The van der Waals surface area contributed by atoms with Gasteiger partial charge in [0.25, 0.3) is 0 Å². The number of esters is 3. The molecular weight excluding hydrogens is 508 g/mol. The second-order valence-electron chi connectivity index (χ2n) is 12.9. The van der Waals surface area contributed by atoms with Gasteiger partial charge in [0.05, 0.1) is 31.5 Å². The second-order valence-corrected chi connectivity index (χ2v) is 12.9. The van der Waals surface area contributed by atoms with Gasteiger partial charge in [-0.25, -0.2) is 4.79 Å². The summed E-state index contributed by atoms with van der Waals surface area (Å²) in [6, 6.07) is 1.74. The number of ketones is 1. The Morgan fingerprint density at radius 3 is 2.44 bits per heavy atom. The molecule has 0 aromatic carbocycles. The van der Waals surface area contributed by atoms with Crippen molar-refractivity contribution < 1.29 is 47.6 Å². The first-order chi connectivity index (χ1) is 18.1. The number of ether oxygens (including phenoxy) is 4. The van der Waals surface area contributed by atoms with Crippen LogP contribution in [0.25, 0.3) is 0 Å². The number of fused-ring (bicyclic) bond motifs is 1. The first-order valence-corrected chi connectivity index (χ1v) is 13.2. The summed E-state index contributed by atoms with van der Waals surface area (Å²) in [4.78, 5) is 52.3. The van der Waals surface area contributed by atoms with Gasteiger partial charge in [-0.1, -0.05) is 27.7 Å². The molecule has 1 aromatic rings. The molecule has 0 unspecified atom stereocenters. The normalized spacial score (nSPS) is 45.4. The smallest absolute Gasteiger partial charge is 0.335 e. The zero-order valence-corrected chi connectivity index (χ0v) is 23.2. The van der Waals surface area contributed by atoms with Gasteiger partial charge in [0.15, 0.2) is 11.9 Å². The van der Waals surface area contributed by atoms with Gasteiger partial charge >= 0.3 is 17.9 Å². The van der Waals surface area contributed by atoms with Gasteiger partial charge in [-0.2, -0.15) is 0 Å². The van der Waals surface area contributed by atoms with Crippen LogP contribution in [0, 0.1) is 33.0 Å². The molecular formula is C29H34O10. The van der Waals surface area contributed by atoms with E-state index in [1.807, 2.05) is 20.8 Å². The molecule has 3 heterocycles. The maximum atomic E-state index is 13.4. The molecule has 210 valence electrons. The molecule has 1 aromatic heterocycles. The van der Waals surface area contributed by atoms with E-state index in [4.69, 9.17) is 23.4 Å². The fourth-order valence-corrected chi connectivity index (χ4v) is 10.3. The van der Waals surface area contributed by atoms with Gasteiger partial charge in [-0.15, -0.1) is 0 Å². The van der Waals surface area contributed by atoms with Crippen molar-refractivity contribution in [2.24, 2.45) is 33.0 Å². The van der Waals surface area contributed by atoms with Crippen LogP contribution in [0.3, 0.4) is 0 Å². The number of allylic oxidation sites excluding steroid dienone is 2. The maximum absolute atomic E-state index is 13.4. The second kappa shape index (κ2) is 7.33. The lowest BCUT2D eigenvalue weighted by Crippen LogP contribution is -2.60. The fourth-order valence-electron chi connectivity index (χ4n) is 10.3. The van der Waals surface area contributed by atoms with Gasteiger partial charge < -0.3 is 28.5 Å². The Balaban J connectivity index is 1.66. The van der Waals surface area contributed by atoms with Crippen molar-refractivity contribution >= 4 is 23.7 Å². The number of aliphatic hydroxyl groups excluding tert-OH is 1. The van der Waals surface area contributed by atoms with Gasteiger partial charge in [0.2, 0.25) is 0 Å². The minimum Gasteiger partial charge on any atom is -0.490 e. The van der Waals surface area contributed by atoms with Crippen LogP contribution in [0.5, 0.6) is 0 Å². The van der Waals surface area contributed by atoms with Crippen LogP contribution in [-0.2, 0) is 38.1 Å². The van der Waals surface area contributed by atoms with Gasteiger partial charge in [0, 0.05) is 46.1 Å². The number of hydrogen-bond donors (Lipinski definition) is 1. The summed E-state index contributed by atoms with van der Waals surface area (Å²) < 4.78 is 29.1. The molecule has 9 atom stereocenters. The van der Waals surface area contributed by atoms with E-state index in [-0.39, 0.29) is 12.2 Å². The van der Waals surface area contributed by atoms with E-state index < -0.39 is 74.8 Å². The third-order valence-electron chi connectivity index (χ3n) is 11.3. The van der Waals surface area contributed by atoms with E-state index in [0.29, 0.717) is 17.7 Å². The van der Waals surface area contributed by atoms with E-state index in [1.165, 1.54) is 32.6 Å². The van der Waals surface area contributed by atoms with Crippen LogP contribution in [0.4, 0.5) is 0 Å². The molecule has 2 saturated carbocycles. The summed E-state index contributed by atoms with van der Waals surface area (Å²) >= 11 is 0. The van der Waals surface area contributed by atoms with Crippen LogP contribution in [0.15, 0.2) is 34.8 Å². The summed E-state index contributed by atoms with van der Waals surface area (Å²) in [5, 5.41) is 11.5. The summed E-state index contributed by atoms with van der Waals surface area (Å²) in [7, 11) is 1.18. The van der Waals surface area contributed by atoms with E-state index in [9.17, 15) is 24.3 Å². The number of cyclic esters (lactones) is 1. The Morgan fingerprint density at radius 2 is 1.85 bits per heavy atom. The number of carbonyl (C=O) groups excluding carboxylic acids is 4. The molecule has 2 aliphatic heterocycles. The van der Waals surface area contributed by atoms with Crippen LogP contribution in [0.1, 0.15) is 66.1 Å². The Morgan fingerprint density at radius 1 is 1.15 bits per heavy atom. The Hall–Kier alpha value is -3.14. The van der Waals surface area contributed by atoms with Crippen molar-refractivity contribution in [1.29, 1.82) is 0 Å². The lowest BCUT2D eigenvalue weighted by atomic mass is 9.49. The highest BCUT2D eigenvalue weighted by Crippen LogP contribution is 3.00.